The van der Waals surface area contributed by atoms with Gasteiger partial charge in [0.1, 0.15) is 0 Å². The van der Waals surface area contributed by atoms with E-state index in [1.165, 1.54) is 12.2 Å². The van der Waals surface area contributed by atoms with Crippen LogP contribution in [0.15, 0.2) is 0 Å². The van der Waals surface area contributed by atoms with Crippen molar-refractivity contribution in [3.63, 3.8) is 0 Å². The van der Waals surface area contributed by atoms with Gasteiger partial charge in [0.15, 0.2) is 0 Å². The van der Waals surface area contributed by atoms with Crippen LogP contribution in [0.4, 0.5) is 0 Å². The average molecular weight is 203 g/mol. The summed E-state index contributed by atoms with van der Waals surface area (Å²) in [7, 11) is 0. The van der Waals surface area contributed by atoms with Crippen molar-refractivity contribution >= 4 is 11.8 Å². The number of hydrogen-bond acceptors (Lipinski definition) is 2. The highest BCUT2D eigenvalue weighted by Gasteiger charge is 2.20. The van der Waals surface area contributed by atoms with Crippen LogP contribution in [-0.4, -0.2) is 17.0 Å². The van der Waals surface area contributed by atoms with Crippen LogP contribution in [0.25, 0.3) is 0 Å². The lowest BCUT2D eigenvalue weighted by molar-refractivity contribution is 0.501. The molecule has 0 aromatic carbocycles. The molecule has 2 heteroatoms. The molecule has 0 amide bonds. The van der Waals surface area contributed by atoms with Crippen molar-refractivity contribution in [2.45, 2.75) is 45.8 Å². The highest BCUT2D eigenvalue weighted by atomic mass is 32.2. The van der Waals surface area contributed by atoms with Crippen LogP contribution < -0.4 is 5.73 Å². The van der Waals surface area contributed by atoms with Gasteiger partial charge < -0.3 is 5.73 Å². The van der Waals surface area contributed by atoms with Gasteiger partial charge in [0.05, 0.1) is 0 Å². The maximum atomic E-state index is 5.59. The first kappa shape index (κ1) is 13.3. The number of hydrogen-bond donors (Lipinski definition) is 1. The van der Waals surface area contributed by atoms with E-state index in [1.54, 1.807) is 0 Å². The SMILES string of the molecule is CC(C)CC(C)(C)SCC(C)CN. The minimum absolute atomic E-state index is 0.414. The fourth-order valence-electron chi connectivity index (χ4n) is 1.48. The predicted molar refractivity (Wildman–Crippen MR) is 64.2 cm³/mol. The van der Waals surface area contributed by atoms with E-state index in [1.807, 2.05) is 0 Å². The van der Waals surface area contributed by atoms with Gasteiger partial charge in [0, 0.05) is 4.75 Å². The summed E-state index contributed by atoms with van der Waals surface area (Å²) in [6.07, 6.45) is 1.29. The molecular weight excluding hydrogens is 178 g/mol. The minimum atomic E-state index is 0.414. The lowest BCUT2D eigenvalue weighted by Gasteiger charge is -2.27. The molecule has 0 saturated heterocycles. The van der Waals surface area contributed by atoms with E-state index in [0.717, 1.165) is 12.5 Å². The van der Waals surface area contributed by atoms with Gasteiger partial charge in [-0.15, -0.1) is 0 Å². The molecule has 1 nitrogen and oxygen atoms in total. The molecule has 0 aliphatic carbocycles. The smallest absolute Gasteiger partial charge is 0.0106 e. The van der Waals surface area contributed by atoms with Crippen molar-refractivity contribution in [3.05, 3.63) is 0 Å². The Morgan fingerprint density at radius 3 is 2.15 bits per heavy atom. The molecule has 0 heterocycles. The van der Waals surface area contributed by atoms with Gasteiger partial charge in [-0.25, -0.2) is 0 Å². The number of rotatable bonds is 6. The van der Waals surface area contributed by atoms with Crippen LogP contribution in [0.3, 0.4) is 0 Å². The van der Waals surface area contributed by atoms with Crippen LogP contribution in [0, 0.1) is 11.8 Å². The average Bonchev–Trinajstić information content (AvgIpc) is 1.98. The largest absolute Gasteiger partial charge is 0.330 e. The van der Waals surface area contributed by atoms with E-state index >= 15 is 0 Å². The van der Waals surface area contributed by atoms with E-state index in [-0.39, 0.29) is 0 Å². The Hall–Kier alpha value is 0.310. The van der Waals surface area contributed by atoms with E-state index in [9.17, 15) is 0 Å². The van der Waals surface area contributed by atoms with E-state index in [4.69, 9.17) is 5.73 Å². The van der Waals surface area contributed by atoms with Crippen molar-refractivity contribution in [1.82, 2.24) is 0 Å². The van der Waals surface area contributed by atoms with E-state index in [2.05, 4.69) is 46.4 Å². The minimum Gasteiger partial charge on any atom is -0.330 e. The third-order valence-corrected chi connectivity index (χ3v) is 3.74. The summed E-state index contributed by atoms with van der Waals surface area (Å²) in [5.74, 6) is 2.63. The summed E-state index contributed by atoms with van der Waals surface area (Å²) in [5.41, 5.74) is 5.59. The third-order valence-electron chi connectivity index (χ3n) is 2.06. The zero-order valence-electron chi connectivity index (χ0n) is 9.76. The summed E-state index contributed by atoms with van der Waals surface area (Å²) >= 11 is 2.06. The Balaban J connectivity index is 3.74. The lowest BCUT2D eigenvalue weighted by Crippen LogP contribution is -2.22. The first-order valence-electron chi connectivity index (χ1n) is 5.21. The maximum Gasteiger partial charge on any atom is 0.0106 e. The summed E-state index contributed by atoms with van der Waals surface area (Å²) in [6.45, 7) is 12.3. The summed E-state index contributed by atoms with van der Waals surface area (Å²) in [5, 5.41) is 0. The first-order valence-corrected chi connectivity index (χ1v) is 6.20. The van der Waals surface area contributed by atoms with Gasteiger partial charge in [-0.05, 0) is 30.6 Å². The van der Waals surface area contributed by atoms with E-state index < -0.39 is 0 Å². The molecule has 0 rings (SSSR count). The quantitative estimate of drug-likeness (QED) is 0.718. The Labute approximate surface area is 87.9 Å². The topological polar surface area (TPSA) is 26.0 Å². The molecule has 1 atom stereocenters. The van der Waals surface area contributed by atoms with Gasteiger partial charge in [-0.2, -0.15) is 11.8 Å². The second-order valence-electron chi connectivity index (χ2n) is 5.01. The second-order valence-corrected chi connectivity index (χ2v) is 6.74. The fourth-order valence-corrected chi connectivity index (χ4v) is 2.80. The van der Waals surface area contributed by atoms with Crippen LogP contribution >= 0.6 is 11.8 Å². The third kappa shape index (κ3) is 7.39. The normalized spacial score (nSPS) is 15.0. The fraction of sp³-hybridized carbons (Fsp3) is 1.00. The molecule has 0 aliphatic rings. The van der Waals surface area contributed by atoms with Crippen LogP contribution in [-0.2, 0) is 0 Å². The molecule has 0 spiro atoms. The standard InChI is InChI=1S/C11H25NS/c1-9(2)6-11(4,5)13-8-10(3)7-12/h9-10H,6-8,12H2,1-5H3. The number of nitrogens with two attached hydrogens (primary N) is 1. The van der Waals surface area contributed by atoms with Gasteiger partial charge in [0.2, 0.25) is 0 Å². The maximum absolute atomic E-state index is 5.59. The first-order chi connectivity index (χ1) is 5.87. The molecule has 0 aromatic heterocycles. The van der Waals surface area contributed by atoms with Crippen molar-refractivity contribution in [2.75, 3.05) is 12.3 Å². The van der Waals surface area contributed by atoms with Crippen molar-refractivity contribution < 1.29 is 0 Å². The van der Waals surface area contributed by atoms with Crippen molar-refractivity contribution in [3.8, 4) is 0 Å². The predicted octanol–water partition coefficient (Wildman–Crippen LogP) is 3.14. The Morgan fingerprint density at radius 1 is 1.23 bits per heavy atom. The van der Waals surface area contributed by atoms with Gasteiger partial charge in [0.25, 0.3) is 0 Å². The molecule has 13 heavy (non-hydrogen) atoms. The van der Waals surface area contributed by atoms with Crippen LogP contribution in [0.5, 0.6) is 0 Å². The molecule has 0 bridgehead atoms. The molecule has 0 radical (unpaired) electrons. The van der Waals surface area contributed by atoms with Gasteiger partial charge >= 0.3 is 0 Å². The lowest BCUT2D eigenvalue weighted by atomic mass is 10.0. The molecule has 0 aliphatic heterocycles. The molecule has 0 aromatic rings. The zero-order chi connectivity index (χ0) is 10.5. The van der Waals surface area contributed by atoms with Crippen LogP contribution in [0.1, 0.15) is 41.0 Å². The molecule has 1 unspecified atom stereocenters. The van der Waals surface area contributed by atoms with Crippen LogP contribution in [0.2, 0.25) is 0 Å². The van der Waals surface area contributed by atoms with E-state index in [0.29, 0.717) is 10.7 Å². The molecule has 0 saturated carbocycles. The summed E-state index contributed by atoms with van der Waals surface area (Å²) < 4.78 is 0.414. The molecule has 2 N–H and O–H groups in total. The van der Waals surface area contributed by atoms with Gasteiger partial charge in [-0.3, -0.25) is 0 Å². The summed E-state index contributed by atoms with van der Waals surface area (Å²) in [6, 6.07) is 0. The molecule has 0 fully saturated rings. The van der Waals surface area contributed by atoms with Crippen molar-refractivity contribution in [2.24, 2.45) is 17.6 Å². The second kappa shape index (κ2) is 5.92. The zero-order valence-corrected chi connectivity index (χ0v) is 10.6. The monoisotopic (exact) mass is 203 g/mol. The Morgan fingerprint density at radius 2 is 1.77 bits per heavy atom. The van der Waals surface area contributed by atoms with Crippen molar-refractivity contribution in [1.29, 1.82) is 0 Å². The number of thioether (sulfide) groups is 1. The highest BCUT2D eigenvalue weighted by Crippen LogP contribution is 2.32. The highest BCUT2D eigenvalue weighted by molar-refractivity contribution is 8.00. The van der Waals surface area contributed by atoms with Gasteiger partial charge in [-0.1, -0.05) is 34.6 Å². The Kier molecular flexibility index (Phi) is 6.06. The molecular formula is C11H25NS. The Bertz CT molecular complexity index is 132. The molecule has 80 valence electrons. The summed E-state index contributed by atoms with van der Waals surface area (Å²) in [4.78, 5) is 0.